The van der Waals surface area contributed by atoms with E-state index < -0.39 is 11.8 Å². The quantitative estimate of drug-likeness (QED) is 0.908. The Morgan fingerprint density at radius 2 is 1.95 bits per heavy atom. The van der Waals surface area contributed by atoms with Gasteiger partial charge in [0.25, 0.3) is 0 Å². The normalized spacial score (nSPS) is 10.5. The Bertz CT molecular complexity index is 638. The van der Waals surface area contributed by atoms with Crippen LogP contribution in [0, 0.1) is 19.7 Å². The van der Waals surface area contributed by atoms with Gasteiger partial charge in [0, 0.05) is 4.90 Å². The van der Waals surface area contributed by atoms with E-state index in [0.717, 1.165) is 27.8 Å². The van der Waals surface area contributed by atoms with E-state index in [2.05, 4.69) is 0 Å². The fraction of sp³-hybridized carbons (Fsp3) is 0.133. The molecule has 0 heterocycles. The molecule has 4 heteroatoms. The fourth-order valence-electron chi connectivity index (χ4n) is 1.80. The van der Waals surface area contributed by atoms with Crippen LogP contribution in [0.5, 0.6) is 0 Å². The van der Waals surface area contributed by atoms with Gasteiger partial charge < -0.3 is 5.11 Å². The fourth-order valence-corrected chi connectivity index (χ4v) is 2.81. The van der Waals surface area contributed by atoms with Crippen molar-refractivity contribution in [1.82, 2.24) is 0 Å². The molecule has 0 saturated carbocycles. The molecule has 0 fully saturated rings. The van der Waals surface area contributed by atoms with Crippen molar-refractivity contribution >= 4 is 17.7 Å². The first-order valence-corrected chi connectivity index (χ1v) is 6.57. The Morgan fingerprint density at radius 1 is 1.21 bits per heavy atom. The van der Waals surface area contributed by atoms with Crippen molar-refractivity contribution in [2.24, 2.45) is 0 Å². The van der Waals surface area contributed by atoms with Crippen molar-refractivity contribution in [2.75, 3.05) is 0 Å². The number of aryl methyl sites for hydroxylation is 2. The van der Waals surface area contributed by atoms with E-state index in [1.54, 1.807) is 0 Å². The van der Waals surface area contributed by atoms with Crippen molar-refractivity contribution in [3.63, 3.8) is 0 Å². The van der Waals surface area contributed by atoms with Crippen molar-refractivity contribution in [3.8, 4) is 0 Å². The van der Waals surface area contributed by atoms with Crippen LogP contribution >= 0.6 is 11.8 Å². The number of hydrogen-bond acceptors (Lipinski definition) is 2. The Labute approximate surface area is 115 Å². The summed E-state index contributed by atoms with van der Waals surface area (Å²) in [6.07, 6.45) is 0. The van der Waals surface area contributed by atoms with E-state index in [1.165, 1.54) is 18.2 Å². The minimum Gasteiger partial charge on any atom is -0.478 e. The number of carboxylic acids is 1. The van der Waals surface area contributed by atoms with Crippen molar-refractivity contribution < 1.29 is 14.3 Å². The summed E-state index contributed by atoms with van der Waals surface area (Å²) in [6.45, 7) is 3.91. The summed E-state index contributed by atoms with van der Waals surface area (Å²) in [5.41, 5.74) is 2.11. The zero-order valence-electron chi connectivity index (χ0n) is 10.6. The van der Waals surface area contributed by atoms with Crippen LogP contribution in [-0.4, -0.2) is 11.1 Å². The van der Waals surface area contributed by atoms with E-state index in [-0.39, 0.29) is 10.5 Å². The lowest BCUT2D eigenvalue weighted by Crippen LogP contribution is -2.00. The van der Waals surface area contributed by atoms with E-state index in [4.69, 9.17) is 5.11 Å². The molecule has 0 aliphatic rings. The van der Waals surface area contributed by atoms with Crippen LogP contribution in [0.4, 0.5) is 4.39 Å². The van der Waals surface area contributed by atoms with Gasteiger partial charge in [-0.25, -0.2) is 9.18 Å². The van der Waals surface area contributed by atoms with Crippen LogP contribution in [0.15, 0.2) is 46.2 Å². The van der Waals surface area contributed by atoms with Crippen molar-refractivity contribution in [1.29, 1.82) is 0 Å². The Hall–Kier alpha value is -1.81. The van der Waals surface area contributed by atoms with Gasteiger partial charge in [-0.05, 0) is 37.6 Å². The molecule has 0 unspecified atom stereocenters. The van der Waals surface area contributed by atoms with Crippen LogP contribution in [0.25, 0.3) is 0 Å². The SMILES string of the molecule is Cc1ccc(Sc2c(F)cccc2C(=O)O)c(C)c1. The molecule has 2 aromatic rings. The smallest absolute Gasteiger partial charge is 0.336 e. The molecular formula is C15H13FO2S. The highest BCUT2D eigenvalue weighted by molar-refractivity contribution is 7.99. The molecule has 0 aromatic heterocycles. The van der Waals surface area contributed by atoms with Crippen LogP contribution in [0.3, 0.4) is 0 Å². The highest BCUT2D eigenvalue weighted by Crippen LogP contribution is 2.34. The molecule has 0 aliphatic carbocycles. The van der Waals surface area contributed by atoms with Crippen LogP contribution in [-0.2, 0) is 0 Å². The topological polar surface area (TPSA) is 37.3 Å². The Kier molecular flexibility index (Phi) is 3.90. The summed E-state index contributed by atoms with van der Waals surface area (Å²) in [5, 5.41) is 9.10. The van der Waals surface area contributed by atoms with E-state index in [9.17, 15) is 9.18 Å². The number of carbonyl (C=O) groups is 1. The van der Waals surface area contributed by atoms with E-state index >= 15 is 0 Å². The lowest BCUT2D eigenvalue weighted by atomic mass is 10.2. The van der Waals surface area contributed by atoms with E-state index in [0.29, 0.717) is 0 Å². The molecule has 0 radical (unpaired) electrons. The maximum atomic E-state index is 13.8. The minimum atomic E-state index is -1.12. The maximum absolute atomic E-state index is 13.8. The molecule has 0 spiro atoms. The van der Waals surface area contributed by atoms with Gasteiger partial charge in [0.05, 0.1) is 10.5 Å². The van der Waals surface area contributed by atoms with Gasteiger partial charge in [-0.15, -0.1) is 0 Å². The standard InChI is InChI=1S/C15H13FO2S/c1-9-6-7-13(10(2)8-9)19-14-11(15(17)18)4-3-5-12(14)16/h3-8H,1-2H3,(H,17,18). The average Bonchev–Trinajstić information content (AvgIpc) is 2.34. The molecule has 98 valence electrons. The van der Waals surface area contributed by atoms with Gasteiger partial charge >= 0.3 is 5.97 Å². The molecule has 1 N–H and O–H groups in total. The highest BCUT2D eigenvalue weighted by Gasteiger charge is 2.16. The maximum Gasteiger partial charge on any atom is 0.336 e. The predicted molar refractivity (Wildman–Crippen MR) is 73.4 cm³/mol. The van der Waals surface area contributed by atoms with Gasteiger partial charge in [0.15, 0.2) is 0 Å². The molecular weight excluding hydrogens is 263 g/mol. The molecule has 0 saturated heterocycles. The van der Waals surface area contributed by atoms with Crippen molar-refractivity contribution in [2.45, 2.75) is 23.6 Å². The number of halogens is 1. The molecule has 2 aromatic carbocycles. The largest absolute Gasteiger partial charge is 0.478 e. The monoisotopic (exact) mass is 276 g/mol. The predicted octanol–water partition coefficient (Wildman–Crippen LogP) is 4.29. The lowest BCUT2D eigenvalue weighted by Gasteiger charge is -2.09. The third kappa shape index (κ3) is 2.96. The molecule has 19 heavy (non-hydrogen) atoms. The van der Waals surface area contributed by atoms with Gasteiger partial charge in [0.2, 0.25) is 0 Å². The summed E-state index contributed by atoms with van der Waals surface area (Å²) in [7, 11) is 0. The Morgan fingerprint density at radius 3 is 2.58 bits per heavy atom. The number of rotatable bonds is 3. The second kappa shape index (κ2) is 5.45. The van der Waals surface area contributed by atoms with Gasteiger partial charge in [-0.1, -0.05) is 35.5 Å². The summed E-state index contributed by atoms with van der Waals surface area (Å²) in [4.78, 5) is 12.1. The van der Waals surface area contributed by atoms with Gasteiger partial charge in [-0.2, -0.15) is 0 Å². The third-order valence-corrected chi connectivity index (χ3v) is 4.04. The summed E-state index contributed by atoms with van der Waals surface area (Å²) < 4.78 is 13.8. The van der Waals surface area contributed by atoms with Crippen molar-refractivity contribution in [3.05, 3.63) is 58.9 Å². The van der Waals surface area contributed by atoms with Crippen LogP contribution < -0.4 is 0 Å². The number of aromatic carboxylic acids is 1. The molecule has 0 aliphatic heterocycles. The first-order valence-electron chi connectivity index (χ1n) is 5.76. The Balaban J connectivity index is 2.46. The van der Waals surface area contributed by atoms with Gasteiger partial charge in [0.1, 0.15) is 5.82 Å². The molecule has 0 atom stereocenters. The highest BCUT2D eigenvalue weighted by atomic mass is 32.2. The number of benzene rings is 2. The van der Waals surface area contributed by atoms with E-state index in [1.807, 2.05) is 32.0 Å². The average molecular weight is 276 g/mol. The summed E-state index contributed by atoms with van der Waals surface area (Å²) in [5.74, 6) is -1.63. The van der Waals surface area contributed by atoms with Gasteiger partial charge in [-0.3, -0.25) is 0 Å². The molecule has 2 rings (SSSR count). The number of hydrogen-bond donors (Lipinski definition) is 1. The second-order valence-corrected chi connectivity index (χ2v) is 5.34. The summed E-state index contributed by atoms with van der Waals surface area (Å²) in [6, 6.07) is 9.90. The first-order chi connectivity index (χ1) is 8.99. The zero-order valence-corrected chi connectivity index (χ0v) is 11.4. The first kappa shape index (κ1) is 13.6. The second-order valence-electron chi connectivity index (χ2n) is 4.29. The molecule has 0 bridgehead atoms. The molecule has 0 amide bonds. The minimum absolute atomic E-state index is 0.00928. The summed E-state index contributed by atoms with van der Waals surface area (Å²) >= 11 is 1.15. The third-order valence-electron chi connectivity index (χ3n) is 2.74. The van der Waals surface area contributed by atoms with Crippen LogP contribution in [0.1, 0.15) is 21.5 Å². The zero-order chi connectivity index (χ0) is 14.0. The van der Waals surface area contributed by atoms with Crippen LogP contribution in [0.2, 0.25) is 0 Å². The lowest BCUT2D eigenvalue weighted by molar-refractivity contribution is 0.0692. The number of carboxylic acid groups (broad SMARTS) is 1. The molecule has 2 nitrogen and oxygen atoms in total.